The number of nitrogens with zero attached hydrogens (tertiary/aromatic N) is 4. The Bertz CT molecular complexity index is 2770. The number of aromatic nitrogens is 2. The molecule has 0 radical (unpaired) electrons. The first-order chi connectivity index (χ1) is 30.9. The van der Waals surface area contributed by atoms with Crippen molar-refractivity contribution in [2.75, 3.05) is 31.0 Å². The maximum atomic E-state index is 12.5. The van der Waals surface area contributed by atoms with Gasteiger partial charge in [0.25, 0.3) is 0 Å². The number of methoxy groups -OCH3 is 2. The number of rotatable bonds is 14. The zero-order valence-corrected chi connectivity index (χ0v) is 36.2. The zero-order chi connectivity index (χ0) is 44.0. The van der Waals surface area contributed by atoms with E-state index in [0.717, 1.165) is 69.0 Å². The molecule has 2 heterocycles. The van der Waals surface area contributed by atoms with Gasteiger partial charge in [-0.3, -0.25) is 9.59 Å². The monoisotopic (exact) mass is 866 g/mol. The number of benzene rings is 5. The molecule has 0 saturated heterocycles. The first-order valence-electron chi connectivity index (χ1n) is 20.1. The lowest BCUT2D eigenvalue weighted by atomic mass is 9.98. The van der Waals surface area contributed by atoms with Crippen molar-refractivity contribution in [1.29, 1.82) is 10.5 Å². The molecule has 7 aromatic rings. The minimum atomic E-state index is -0.166. The fourth-order valence-electron chi connectivity index (χ4n) is 6.54. The van der Waals surface area contributed by atoms with Crippen molar-refractivity contribution in [3.05, 3.63) is 163 Å². The van der Waals surface area contributed by atoms with Gasteiger partial charge in [-0.25, -0.2) is 9.97 Å². The van der Waals surface area contributed by atoms with E-state index in [1.807, 2.05) is 152 Å². The van der Waals surface area contributed by atoms with E-state index < -0.39 is 0 Å². The topological polar surface area (TPSA) is 150 Å². The van der Waals surface area contributed by atoms with Crippen LogP contribution in [0.1, 0.15) is 24.0 Å². The molecular weight excluding hydrogens is 825 g/mol. The van der Waals surface area contributed by atoms with Gasteiger partial charge in [-0.2, -0.15) is 10.5 Å². The Morgan fingerprint density at radius 3 is 1.65 bits per heavy atom. The minimum Gasteiger partial charge on any atom is -0.497 e. The van der Waals surface area contributed by atoms with Crippen molar-refractivity contribution < 1.29 is 19.1 Å². The number of para-hydroxylation sites is 2. The Labute approximate surface area is 375 Å². The van der Waals surface area contributed by atoms with E-state index in [1.165, 1.54) is 23.5 Å². The number of hydrogen-bond acceptors (Lipinski definition) is 10. The molecule has 1 fully saturated rings. The average molecular weight is 867 g/mol. The van der Waals surface area contributed by atoms with Crippen molar-refractivity contribution >= 4 is 41.0 Å². The molecule has 0 unspecified atom stereocenters. The summed E-state index contributed by atoms with van der Waals surface area (Å²) in [4.78, 5) is 34.2. The third-order valence-electron chi connectivity index (χ3n) is 9.81. The third kappa shape index (κ3) is 11.5. The summed E-state index contributed by atoms with van der Waals surface area (Å²) < 4.78 is 10.8. The van der Waals surface area contributed by atoms with Crippen LogP contribution in [0.4, 0.5) is 5.69 Å². The van der Waals surface area contributed by atoms with Crippen LogP contribution in [0.3, 0.4) is 0 Å². The van der Waals surface area contributed by atoms with Gasteiger partial charge in [0, 0.05) is 39.5 Å². The Morgan fingerprint density at radius 2 is 1.11 bits per heavy atom. The van der Waals surface area contributed by atoms with Crippen LogP contribution in [0.2, 0.25) is 0 Å². The molecule has 1 aliphatic carbocycles. The molecule has 2 N–H and O–H groups in total. The molecule has 12 heteroatoms. The van der Waals surface area contributed by atoms with Gasteiger partial charge in [0.2, 0.25) is 11.8 Å². The smallest absolute Gasteiger partial charge is 0.234 e. The number of hydrogen-bond donors (Lipinski definition) is 2. The van der Waals surface area contributed by atoms with E-state index in [2.05, 4.69) is 22.8 Å². The number of carbonyl (C=O) groups excluding carboxylic acids is 2. The normalized spacial score (nSPS) is 11.5. The molecule has 0 atom stereocenters. The molecule has 0 bridgehead atoms. The largest absolute Gasteiger partial charge is 0.497 e. The molecule has 1 aliphatic rings. The number of nitrogens with one attached hydrogen (secondary N) is 2. The maximum Gasteiger partial charge on any atom is 0.234 e. The number of ether oxygens (including phenoxy) is 2. The van der Waals surface area contributed by atoms with Crippen molar-refractivity contribution in [3.8, 4) is 68.4 Å². The molecule has 2 aromatic heterocycles. The van der Waals surface area contributed by atoms with Gasteiger partial charge < -0.3 is 20.1 Å². The summed E-state index contributed by atoms with van der Waals surface area (Å²) >= 11 is 2.55. The van der Waals surface area contributed by atoms with Gasteiger partial charge in [-0.15, -0.1) is 0 Å². The van der Waals surface area contributed by atoms with Crippen LogP contribution in [0.5, 0.6) is 11.5 Å². The highest BCUT2D eigenvalue weighted by molar-refractivity contribution is 8.00. The molecule has 10 nitrogen and oxygen atoms in total. The number of amides is 2. The minimum absolute atomic E-state index is 0.0238. The number of nitriles is 2. The van der Waals surface area contributed by atoms with Crippen LogP contribution in [0.25, 0.3) is 44.8 Å². The number of carbonyl (C=O) groups is 2. The van der Waals surface area contributed by atoms with Crippen LogP contribution >= 0.6 is 23.5 Å². The van der Waals surface area contributed by atoms with E-state index >= 15 is 0 Å². The summed E-state index contributed by atoms with van der Waals surface area (Å²) in [5.41, 5.74) is 8.20. The fourth-order valence-corrected chi connectivity index (χ4v) is 8.16. The lowest BCUT2D eigenvalue weighted by molar-refractivity contribution is -0.118. The van der Waals surface area contributed by atoms with Gasteiger partial charge in [0.15, 0.2) is 0 Å². The first kappa shape index (κ1) is 43.7. The van der Waals surface area contributed by atoms with E-state index in [9.17, 15) is 20.1 Å². The highest BCUT2D eigenvalue weighted by Gasteiger charge is 2.24. The van der Waals surface area contributed by atoms with Crippen molar-refractivity contribution in [2.24, 2.45) is 0 Å². The van der Waals surface area contributed by atoms with Crippen LogP contribution < -0.4 is 20.1 Å². The summed E-state index contributed by atoms with van der Waals surface area (Å²) in [7, 11) is 3.23. The van der Waals surface area contributed by atoms with Crippen LogP contribution in [-0.4, -0.2) is 53.5 Å². The highest BCUT2D eigenvalue weighted by atomic mass is 32.2. The summed E-state index contributed by atoms with van der Waals surface area (Å²) in [6.07, 6.45) is 2.09. The van der Waals surface area contributed by atoms with E-state index in [0.29, 0.717) is 33.0 Å². The predicted octanol–water partition coefficient (Wildman–Crippen LogP) is 10.7. The molecule has 1 saturated carbocycles. The molecule has 5 aromatic carbocycles. The first-order valence-corrected chi connectivity index (χ1v) is 22.0. The Hall–Kier alpha value is -7.38. The fraction of sp³-hybridized carbons (Fsp3) is 0.137. The van der Waals surface area contributed by atoms with Gasteiger partial charge >= 0.3 is 0 Å². The zero-order valence-electron chi connectivity index (χ0n) is 34.6. The molecule has 2 amide bonds. The molecular formula is C51H42N6O4S2. The SMILES string of the molecule is COc1ccc(-c2cc(-c3ccccc3)nc(SCC(=O)NC3CC3)c2C#N)cc1.COc1ccccc1-c1cc(-c2ccccc2)nc(SCC(=O)Nc2ccccc2)c1C#N. The lowest BCUT2D eigenvalue weighted by Crippen LogP contribution is -2.27. The van der Waals surface area contributed by atoms with Crippen molar-refractivity contribution in [2.45, 2.75) is 28.9 Å². The predicted molar refractivity (Wildman–Crippen MR) is 250 cm³/mol. The van der Waals surface area contributed by atoms with Gasteiger partial charge in [-0.1, -0.05) is 133 Å². The third-order valence-corrected chi connectivity index (χ3v) is 11.8. The van der Waals surface area contributed by atoms with E-state index in [-0.39, 0.29) is 23.3 Å². The summed E-state index contributed by atoms with van der Waals surface area (Å²) in [5.74, 6) is 1.58. The van der Waals surface area contributed by atoms with Crippen LogP contribution in [-0.2, 0) is 9.59 Å². The van der Waals surface area contributed by atoms with Crippen molar-refractivity contribution in [1.82, 2.24) is 15.3 Å². The number of anilines is 1. The van der Waals surface area contributed by atoms with Crippen LogP contribution in [0.15, 0.2) is 162 Å². The molecule has 63 heavy (non-hydrogen) atoms. The van der Waals surface area contributed by atoms with Crippen LogP contribution in [0, 0.1) is 22.7 Å². The Kier molecular flexibility index (Phi) is 14.9. The quantitative estimate of drug-likeness (QED) is 0.101. The second-order valence-electron chi connectivity index (χ2n) is 14.2. The summed E-state index contributed by atoms with van der Waals surface area (Å²) in [5, 5.41) is 26.9. The van der Waals surface area contributed by atoms with Gasteiger partial charge in [-0.05, 0) is 60.9 Å². The molecule has 0 spiro atoms. The number of thioether (sulfide) groups is 2. The maximum absolute atomic E-state index is 12.5. The van der Waals surface area contributed by atoms with E-state index in [4.69, 9.17) is 19.4 Å². The van der Waals surface area contributed by atoms with E-state index in [1.54, 1.807) is 14.2 Å². The molecule has 8 rings (SSSR count). The standard InChI is InChI=1S/C27H21N3O2S.C24H21N3O2S/c1-32-25-15-9-8-14-21(25)22-16-24(19-10-4-2-5-11-19)30-27(23(22)17-28)33-18-26(31)29-20-12-6-3-7-13-20;1-29-19-11-7-16(8-12-19)20-13-22(17-5-3-2-4-6-17)27-24(21(20)14-25)30-15-23(28)26-18-9-10-18/h2-16H,18H2,1H3,(H,29,31);2-8,11-13,18H,9-10,15H2,1H3,(H,26,28). The molecule has 0 aliphatic heterocycles. The highest BCUT2D eigenvalue weighted by Crippen LogP contribution is 2.39. The average Bonchev–Trinajstić information content (AvgIpc) is 4.17. The molecule has 312 valence electrons. The second-order valence-corrected chi connectivity index (χ2v) is 16.1. The van der Waals surface area contributed by atoms with Gasteiger partial charge in [0.1, 0.15) is 33.7 Å². The Morgan fingerprint density at radius 1 is 0.603 bits per heavy atom. The lowest BCUT2D eigenvalue weighted by Gasteiger charge is -2.14. The summed E-state index contributed by atoms with van der Waals surface area (Å²) in [6.45, 7) is 0. The number of pyridine rings is 2. The second kappa shape index (κ2) is 21.4. The summed E-state index contributed by atoms with van der Waals surface area (Å²) in [6, 6.07) is 52.8. The van der Waals surface area contributed by atoms with Gasteiger partial charge in [0.05, 0.1) is 48.2 Å². The van der Waals surface area contributed by atoms with Crippen molar-refractivity contribution in [3.63, 3.8) is 0 Å². The Balaban J connectivity index is 0.000000190.